The van der Waals surface area contributed by atoms with E-state index in [4.69, 9.17) is 0 Å². The lowest BCUT2D eigenvalue weighted by Gasteiger charge is -2.35. The first kappa shape index (κ1) is 16.9. The summed E-state index contributed by atoms with van der Waals surface area (Å²) in [5.41, 5.74) is 2.43. The van der Waals surface area contributed by atoms with E-state index in [1.807, 2.05) is 24.4 Å². The van der Waals surface area contributed by atoms with E-state index in [0.29, 0.717) is 6.42 Å². The number of hydrogen-bond donors (Lipinski definition) is 0. The van der Waals surface area contributed by atoms with Crippen LogP contribution in [0.5, 0.6) is 0 Å². The molecule has 2 aromatic rings. The lowest BCUT2D eigenvalue weighted by Crippen LogP contribution is -2.42. The highest BCUT2D eigenvalue weighted by atomic mass is 32.1. The number of rotatable bonds is 6. The number of carbonyl (C=O) groups excluding carboxylic acids is 1. The summed E-state index contributed by atoms with van der Waals surface area (Å²) in [7, 11) is 0. The van der Waals surface area contributed by atoms with Gasteiger partial charge in [0.05, 0.1) is 4.88 Å². The van der Waals surface area contributed by atoms with Gasteiger partial charge >= 0.3 is 0 Å². The van der Waals surface area contributed by atoms with Crippen molar-refractivity contribution in [2.75, 3.05) is 6.54 Å². The second-order valence-corrected chi connectivity index (χ2v) is 7.60. The Balaban J connectivity index is 2.02. The third kappa shape index (κ3) is 4.52. The fourth-order valence-corrected chi connectivity index (χ4v) is 3.36. The van der Waals surface area contributed by atoms with Crippen LogP contribution in [-0.4, -0.2) is 22.8 Å². The summed E-state index contributed by atoms with van der Waals surface area (Å²) in [6.45, 7) is 10.3. The average molecular weight is 315 g/mol. The fraction of sp³-hybridized carbons (Fsp3) is 0.421. The number of hydrogen-bond acceptors (Lipinski definition) is 3. The van der Waals surface area contributed by atoms with Crippen LogP contribution < -0.4 is 0 Å². The van der Waals surface area contributed by atoms with Crippen molar-refractivity contribution < 1.29 is 4.79 Å². The van der Waals surface area contributed by atoms with Crippen LogP contribution in [0.2, 0.25) is 0 Å². The van der Waals surface area contributed by atoms with Gasteiger partial charge in [-0.2, -0.15) is 0 Å². The van der Waals surface area contributed by atoms with Crippen molar-refractivity contribution in [1.29, 1.82) is 0 Å². The molecule has 1 aromatic carbocycles. The molecule has 22 heavy (non-hydrogen) atoms. The summed E-state index contributed by atoms with van der Waals surface area (Å²) in [6.07, 6.45) is 0.575. The highest BCUT2D eigenvalue weighted by Gasteiger charge is 2.22. The summed E-state index contributed by atoms with van der Waals surface area (Å²) >= 11 is 1.55. The molecule has 1 aromatic heterocycles. The summed E-state index contributed by atoms with van der Waals surface area (Å²) < 4.78 is 0. The number of benzene rings is 1. The molecule has 0 amide bonds. The number of thiophene rings is 1. The van der Waals surface area contributed by atoms with Crippen LogP contribution in [0.15, 0.2) is 41.8 Å². The van der Waals surface area contributed by atoms with Crippen molar-refractivity contribution in [3.05, 3.63) is 57.8 Å². The van der Waals surface area contributed by atoms with E-state index in [2.05, 4.69) is 49.9 Å². The van der Waals surface area contributed by atoms with Gasteiger partial charge in [0, 0.05) is 25.0 Å². The Morgan fingerprint density at radius 2 is 1.82 bits per heavy atom. The summed E-state index contributed by atoms with van der Waals surface area (Å²) in [5, 5.41) is 1.99. The first-order chi connectivity index (χ1) is 10.4. The molecule has 118 valence electrons. The van der Waals surface area contributed by atoms with E-state index >= 15 is 0 Å². The van der Waals surface area contributed by atoms with Crippen molar-refractivity contribution in [1.82, 2.24) is 4.90 Å². The Morgan fingerprint density at radius 3 is 2.36 bits per heavy atom. The normalized spacial score (nSPS) is 11.9. The topological polar surface area (TPSA) is 20.3 Å². The van der Waals surface area contributed by atoms with Crippen LogP contribution in [0.4, 0.5) is 0 Å². The molecule has 0 saturated carbocycles. The lowest BCUT2D eigenvalue weighted by molar-refractivity contribution is 0.0899. The van der Waals surface area contributed by atoms with Gasteiger partial charge in [-0.25, -0.2) is 0 Å². The van der Waals surface area contributed by atoms with Crippen LogP contribution >= 0.6 is 11.3 Å². The van der Waals surface area contributed by atoms with Crippen LogP contribution in [0.3, 0.4) is 0 Å². The largest absolute Gasteiger partial charge is 0.294 e. The molecule has 0 bridgehead atoms. The maximum Gasteiger partial charge on any atom is 0.174 e. The quantitative estimate of drug-likeness (QED) is 0.704. The fourth-order valence-electron chi connectivity index (χ4n) is 2.46. The van der Waals surface area contributed by atoms with Crippen LogP contribution in [-0.2, 0) is 6.54 Å². The minimum absolute atomic E-state index is 0.0423. The van der Waals surface area contributed by atoms with Gasteiger partial charge in [0.25, 0.3) is 0 Å². The molecule has 2 nitrogen and oxygen atoms in total. The molecule has 0 fully saturated rings. The highest BCUT2D eigenvalue weighted by molar-refractivity contribution is 7.12. The zero-order valence-corrected chi connectivity index (χ0v) is 14.7. The zero-order valence-electron chi connectivity index (χ0n) is 13.9. The Morgan fingerprint density at radius 1 is 1.14 bits per heavy atom. The van der Waals surface area contributed by atoms with E-state index in [1.165, 1.54) is 5.56 Å². The molecule has 0 aliphatic rings. The molecule has 2 rings (SSSR count). The molecule has 0 spiro atoms. The van der Waals surface area contributed by atoms with Crippen LogP contribution in [0, 0.1) is 6.92 Å². The van der Waals surface area contributed by atoms with Gasteiger partial charge < -0.3 is 0 Å². The molecule has 3 heteroatoms. The maximum absolute atomic E-state index is 12.4. The first-order valence-electron chi connectivity index (χ1n) is 7.74. The SMILES string of the molecule is Cc1ccsc1C(=O)CCN(Cc1ccccc1)C(C)(C)C. The number of nitrogens with zero attached hydrogens (tertiary/aromatic N) is 1. The van der Waals surface area contributed by atoms with Crippen molar-refractivity contribution in [3.8, 4) is 0 Å². The molecular formula is C19H25NOS. The second-order valence-electron chi connectivity index (χ2n) is 6.68. The Hall–Kier alpha value is -1.45. The minimum Gasteiger partial charge on any atom is -0.294 e. The van der Waals surface area contributed by atoms with Gasteiger partial charge in [-0.05, 0) is 50.3 Å². The first-order valence-corrected chi connectivity index (χ1v) is 8.62. The Bertz CT molecular complexity index is 610. The van der Waals surface area contributed by atoms with E-state index in [1.54, 1.807) is 11.3 Å². The van der Waals surface area contributed by atoms with E-state index < -0.39 is 0 Å². The monoisotopic (exact) mass is 315 g/mol. The van der Waals surface area contributed by atoms with Crippen molar-refractivity contribution >= 4 is 17.1 Å². The van der Waals surface area contributed by atoms with Gasteiger partial charge in [0.1, 0.15) is 0 Å². The third-order valence-corrected chi connectivity index (χ3v) is 4.95. The number of Topliss-reactive ketones (excluding diaryl/α,β-unsaturated/α-hetero) is 1. The zero-order chi connectivity index (χ0) is 16.2. The van der Waals surface area contributed by atoms with Gasteiger partial charge in [0.2, 0.25) is 0 Å². The third-order valence-electron chi connectivity index (χ3n) is 3.89. The predicted molar refractivity (Wildman–Crippen MR) is 94.6 cm³/mol. The Labute approximate surface area is 137 Å². The number of carbonyl (C=O) groups is 1. The standard InChI is InChI=1S/C19H25NOS/c1-15-11-13-22-18(15)17(21)10-12-20(19(2,3)4)14-16-8-6-5-7-9-16/h5-9,11,13H,10,12,14H2,1-4H3. The average Bonchev–Trinajstić information content (AvgIpc) is 2.89. The number of aryl methyl sites for hydroxylation is 1. The smallest absolute Gasteiger partial charge is 0.174 e. The van der Waals surface area contributed by atoms with Gasteiger partial charge in [-0.3, -0.25) is 9.69 Å². The molecule has 0 atom stereocenters. The molecule has 0 aliphatic carbocycles. The van der Waals surface area contributed by atoms with E-state index in [9.17, 15) is 4.79 Å². The van der Waals surface area contributed by atoms with Gasteiger partial charge in [-0.1, -0.05) is 30.3 Å². The molecule has 1 heterocycles. The van der Waals surface area contributed by atoms with E-state index in [-0.39, 0.29) is 11.3 Å². The molecule has 0 unspecified atom stereocenters. The van der Waals surface area contributed by atoms with Crippen LogP contribution in [0.1, 0.15) is 48.0 Å². The van der Waals surface area contributed by atoms with Crippen molar-refractivity contribution in [3.63, 3.8) is 0 Å². The molecule has 0 N–H and O–H groups in total. The second kappa shape index (κ2) is 7.21. The highest BCUT2D eigenvalue weighted by Crippen LogP contribution is 2.21. The maximum atomic E-state index is 12.4. The summed E-state index contributed by atoms with van der Waals surface area (Å²) in [5.74, 6) is 0.259. The molecule has 0 aliphatic heterocycles. The minimum atomic E-state index is 0.0423. The lowest BCUT2D eigenvalue weighted by atomic mass is 10.0. The van der Waals surface area contributed by atoms with Crippen molar-refractivity contribution in [2.24, 2.45) is 0 Å². The molecular weight excluding hydrogens is 290 g/mol. The molecule has 0 saturated heterocycles. The Kier molecular flexibility index (Phi) is 5.54. The van der Waals surface area contributed by atoms with Gasteiger partial charge in [-0.15, -0.1) is 11.3 Å². The molecule has 0 radical (unpaired) electrons. The number of ketones is 1. The van der Waals surface area contributed by atoms with E-state index in [0.717, 1.165) is 23.5 Å². The van der Waals surface area contributed by atoms with Crippen LogP contribution in [0.25, 0.3) is 0 Å². The summed E-state index contributed by atoms with van der Waals surface area (Å²) in [4.78, 5) is 15.7. The predicted octanol–water partition coefficient (Wildman–Crippen LogP) is 4.93. The van der Waals surface area contributed by atoms with Gasteiger partial charge in [0.15, 0.2) is 5.78 Å². The summed E-state index contributed by atoms with van der Waals surface area (Å²) in [6, 6.07) is 12.5. The van der Waals surface area contributed by atoms with Crippen molar-refractivity contribution in [2.45, 2.75) is 46.2 Å².